The minimum atomic E-state index is -5.77. The summed E-state index contributed by atoms with van der Waals surface area (Å²) >= 11 is 0. The fourth-order valence-electron chi connectivity index (χ4n) is 0.429. The SMILES string of the molecule is O=P(O)(O)OP(=O)(O)OP(=O)(O)OP(=O)(O)O.[CaH2].[NaH]. The van der Waals surface area contributed by atoms with Crippen molar-refractivity contribution in [1.29, 1.82) is 0 Å². The van der Waals surface area contributed by atoms with E-state index in [2.05, 4.69) is 12.9 Å². The van der Waals surface area contributed by atoms with E-state index in [1.54, 1.807) is 0 Å². The van der Waals surface area contributed by atoms with Crippen molar-refractivity contribution in [3.05, 3.63) is 0 Å². The molecule has 13 nitrogen and oxygen atoms in total. The summed E-state index contributed by atoms with van der Waals surface area (Å²) in [7, 11) is -22.6. The molecule has 0 rings (SSSR count). The van der Waals surface area contributed by atoms with Gasteiger partial charge < -0.3 is 29.4 Å². The van der Waals surface area contributed by atoms with Crippen molar-refractivity contribution in [2.45, 2.75) is 0 Å². The van der Waals surface area contributed by atoms with Gasteiger partial charge in [-0.15, -0.1) is 0 Å². The van der Waals surface area contributed by atoms with Crippen LogP contribution in [0.1, 0.15) is 0 Å². The predicted molar refractivity (Wildman–Crippen MR) is 62.7 cm³/mol. The van der Waals surface area contributed by atoms with E-state index in [0.29, 0.717) is 0 Å². The van der Waals surface area contributed by atoms with Gasteiger partial charge in [0.1, 0.15) is 0 Å². The second-order valence-electron chi connectivity index (χ2n) is 2.16. The topological polar surface area (TPSA) is 217 Å². The molecule has 0 aliphatic heterocycles. The van der Waals surface area contributed by atoms with Crippen molar-refractivity contribution in [2.24, 2.45) is 0 Å². The average Bonchev–Trinajstić information content (AvgIpc) is 1.65. The molecule has 0 aromatic rings. The minimum absolute atomic E-state index is 0. The Balaban J connectivity index is -0.00000128. The monoisotopic (exact) mass is 404 g/mol. The molecule has 0 aromatic heterocycles. The number of hydrogen-bond acceptors (Lipinski definition) is 7. The zero-order valence-corrected chi connectivity index (χ0v) is 10.9. The van der Waals surface area contributed by atoms with Gasteiger partial charge in [0.05, 0.1) is 0 Å². The maximum absolute atomic E-state index is 10.7. The van der Waals surface area contributed by atoms with Crippen LogP contribution in [0.3, 0.4) is 0 Å². The quantitative estimate of drug-likeness (QED) is 0.206. The van der Waals surface area contributed by atoms with E-state index in [4.69, 9.17) is 29.4 Å². The average molecular weight is 404 g/mol. The first-order valence-corrected chi connectivity index (χ1v) is 9.08. The Kier molecular flexibility index (Phi) is 12.9. The zero-order chi connectivity index (χ0) is 14.1. The van der Waals surface area contributed by atoms with Crippen LogP contribution < -0.4 is 0 Å². The van der Waals surface area contributed by atoms with Crippen LogP contribution in [0, 0.1) is 0 Å². The molecular weight excluding hydrogens is 395 g/mol. The van der Waals surface area contributed by atoms with Gasteiger partial charge in [0.2, 0.25) is 0 Å². The first-order chi connectivity index (χ1) is 7.12. The van der Waals surface area contributed by atoms with E-state index < -0.39 is 31.3 Å². The molecule has 0 fully saturated rings. The van der Waals surface area contributed by atoms with Gasteiger partial charge >= 0.3 is 98.6 Å². The molecule has 0 spiro atoms. The first kappa shape index (κ1) is 26.7. The van der Waals surface area contributed by atoms with Gasteiger partial charge in [-0.25, -0.2) is 18.3 Å². The summed E-state index contributed by atoms with van der Waals surface area (Å²) in [6.07, 6.45) is 0. The molecule has 19 heteroatoms. The van der Waals surface area contributed by atoms with Gasteiger partial charge in [-0.05, 0) is 0 Å². The van der Waals surface area contributed by atoms with Crippen molar-refractivity contribution in [1.82, 2.24) is 0 Å². The third-order valence-electron chi connectivity index (χ3n) is 0.625. The molecule has 110 valence electrons. The van der Waals surface area contributed by atoms with E-state index >= 15 is 0 Å². The zero-order valence-electron chi connectivity index (χ0n) is 7.33. The fraction of sp³-hybridized carbons (Fsp3) is 0. The van der Waals surface area contributed by atoms with E-state index in [1.165, 1.54) is 0 Å². The molecule has 0 bridgehead atoms. The summed E-state index contributed by atoms with van der Waals surface area (Å²) in [5.74, 6) is 0. The Labute approximate surface area is 157 Å². The van der Waals surface area contributed by atoms with Crippen molar-refractivity contribution >= 4 is 98.6 Å². The predicted octanol–water partition coefficient (Wildman–Crippen LogP) is -2.14. The van der Waals surface area contributed by atoms with E-state index in [9.17, 15) is 18.3 Å². The fourth-order valence-corrected chi connectivity index (χ4v) is 4.40. The molecule has 0 aliphatic rings. The van der Waals surface area contributed by atoms with Gasteiger partial charge in [0.25, 0.3) is 0 Å². The summed E-state index contributed by atoms with van der Waals surface area (Å²) in [6.45, 7) is 0. The Bertz CT molecular complexity index is 413. The van der Waals surface area contributed by atoms with E-state index in [0.717, 1.165) is 0 Å². The number of hydrogen-bond donors (Lipinski definition) is 6. The molecule has 2 atom stereocenters. The van der Waals surface area contributed by atoms with Crippen molar-refractivity contribution in [3.63, 3.8) is 0 Å². The van der Waals surface area contributed by atoms with Gasteiger partial charge in [-0.1, -0.05) is 0 Å². The summed E-state index contributed by atoms with van der Waals surface area (Å²) < 4.78 is 50.9. The van der Waals surface area contributed by atoms with E-state index in [1.807, 2.05) is 0 Å². The van der Waals surface area contributed by atoms with Crippen LogP contribution in [0.4, 0.5) is 0 Å². The standard InChI is InChI=1S/Ca.Na.H6O13P4.3H/c;;1-14(2,3)11-16(7,8)13-17(9,10)12-15(4,5)6;;;/h;;(H,7,8)(H,9,10)(H2,1,2,3)(H2,4,5,6);;;. The molecular formula is H9CaNaO13P4. The summed E-state index contributed by atoms with van der Waals surface area (Å²) in [4.78, 5) is 49.4. The van der Waals surface area contributed by atoms with Crippen LogP contribution in [-0.4, -0.2) is 96.7 Å². The van der Waals surface area contributed by atoms with Crippen molar-refractivity contribution in [2.75, 3.05) is 0 Å². The molecule has 6 N–H and O–H groups in total. The second-order valence-corrected chi connectivity index (χ2v) is 7.96. The van der Waals surface area contributed by atoms with Crippen LogP contribution in [0.15, 0.2) is 0 Å². The van der Waals surface area contributed by atoms with Gasteiger partial charge in [-0.3, -0.25) is 0 Å². The third-order valence-corrected chi connectivity index (χ3v) is 5.63. The van der Waals surface area contributed by atoms with E-state index in [-0.39, 0.29) is 67.3 Å². The number of rotatable bonds is 6. The molecule has 0 radical (unpaired) electrons. The molecule has 0 saturated carbocycles. The molecule has 0 aromatic carbocycles. The maximum atomic E-state index is 10.7. The molecule has 0 saturated heterocycles. The summed E-state index contributed by atoms with van der Waals surface area (Å²) in [5, 5.41) is 0. The van der Waals surface area contributed by atoms with Crippen molar-refractivity contribution < 1.29 is 60.6 Å². The third kappa shape index (κ3) is 17.0. The Morgan fingerprint density at radius 1 is 0.579 bits per heavy atom. The number of phosphoric acid groups is 4. The Morgan fingerprint density at radius 3 is 0.947 bits per heavy atom. The Hall–Kier alpha value is 2.82. The van der Waals surface area contributed by atoms with Crippen LogP contribution in [-0.2, 0) is 31.2 Å². The van der Waals surface area contributed by atoms with Gasteiger partial charge in [0, 0.05) is 0 Å². The van der Waals surface area contributed by atoms with Crippen LogP contribution in [0.2, 0.25) is 0 Å². The van der Waals surface area contributed by atoms with Gasteiger partial charge in [-0.2, -0.15) is 12.9 Å². The van der Waals surface area contributed by atoms with Gasteiger partial charge in [0.15, 0.2) is 0 Å². The van der Waals surface area contributed by atoms with Crippen LogP contribution in [0.25, 0.3) is 0 Å². The normalized spacial score (nSPS) is 18.4. The molecule has 2 unspecified atom stereocenters. The second kappa shape index (κ2) is 9.20. The first-order valence-electron chi connectivity index (χ1n) is 3.03. The molecule has 0 amide bonds. The summed E-state index contributed by atoms with van der Waals surface area (Å²) in [5.41, 5.74) is 0. The molecule has 19 heavy (non-hydrogen) atoms. The van der Waals surface area contributed by atoms with Crippen LogP contribution >= 0.6 is 31.3 Å². The molecule has 0 aliphatic carbocycles. The summed E-state index contributed by atoms with van der Waals surface area (Å²) in [6, 6.07) is 0. The molecule has 0 heterocycles. The van der Waals surface area contributed by atoms with Crippen molar-refractivity contribution in [3.8, 4) is 0 Å². The van der Waals surface area contributed by atoms with Crippen LogP contribution in [0.5, 0.6) is 0 Å². The Morgan fingerprint density at radius 2 is 0.789 bits per heavy atom.